The van der Waals surface area contributed by atoms with Gasteiger partial charge in [0.05, 0.1) is 11.5 Å². The lowest BCUT2D eigenvalue weighted by Gasteiger charge is -2.11. The second-order valence-electron chi connectivity index (χ2n) is 4.32. The van der Waals surface area contributed by atoms with E-state index >= 15 is 0 Å². The number of benzene rings is 2. The Morgan fingerprint density at radius 3 is 2.62 bits per heavy atom. The molecule has 0 amide bonds. The molecule has 2 aromatic rings. The number of rotatable bonds is 6. The Morgan fingerprint density at radius 1 is 1.14 bits per heavy atom. The molecule has 0 saturated heterocycles. The molecule has 0 aliphatic rings. The fourth-order valence-corrected chi connectivity index (χ4v) is 3.14. The summed E-state index contributed by atoms with van der Waals surface area (Å²) in [7, 11) is -3.60. The third-order valence-corrected chi connectivity index (χ3v) is 4.47. The molecular weight excluding hydrogens is 310 g/mol. The number of para-hydroxylation sites is 1. The van der Waals surface area contributed by atoms with Gasteiger partial charge in [-0.3, -0.25) is 0 Å². The highest BCUT2D eigenvalue weighted by atomic mass is 35.5. The van der Waals surface area contributed by atoms with E-state index in [2.05, 4.69) is 4.72 Å². The summed E-state index contributed by atoms with van der Waals surface area (Å²) in [4.78, 5) is 0.142. The summed E-state index contributed by atoms with van der Waals surface area (Å²) >= 11 is 5.82. The Kier molecular flexibility index (Phi) is 5.22. The van der Waals surface area contributed by atoms with Gasteiger partial charge in [-0.05, 0) is 31.2 Å². The van der Waals surface area contributed by atoms with Gasteiger partial charge in [0, 0.05) is 17.1 Å². The van der Waals surface area contributed by atoms with E-state index in [1.807, 2.05) is 31.2 Å². The second-order valence-corrected chi connectivity index (χ2v) is 6.53. The molecule has 2 rings (SSSR count). The third kappa shape index (κ3) is 4.20. The van der Waals surface area contributed by atoms with Gasteiger partial charge < -0.3 is 4.74 Å². The van der Waals surface area contributed by atoms with Gasteiger partial charge in [-0.25, -0.2) is 13.1 Å². The lowest BCUT2D eigenvalue weighted by molar-refractivity contribution is 0.336. The Bertz CT molecular complexity index is 716. The van der Waals surface area contributed by atoms with Crippen LogP contribution in [0, 0.1) is 0 Å². The van der Waals surface area contributed by atoms with Crippen molar-refractivity contribution in [2.75, 3.05) is 6.61 Å². The molecule has 6 heteroatoms. The van der Waals surface area contributed by atoms with Crippen molar-refractivity contribution in [1.29, 1.82) is 0 Å². The van der Waals surface area contributed by atoms with E-state index in [1.54, 1.807) is 12.1 Å². The number of hydrogen-bond acceptors (Lipinski definition) is 3. The molecule has 0 bridgehead atoms. The highest BCUT2D eigenvalue weighted by Crippen LogP contribution is 2.19. The number of halogens is 1. The molecule has 1 N–H and O–H groups in total. The van der Waals surface area contributed by atoms with Crippen molar-refractivity contribution in [2.45, 2.75) is 18.4 Å². The van der Waals surface area contributed by atoms with Crippen LogP contribution in [0.4, 0.5) is 0 Å². The average molecular weight is 326 g/mol. The van der Waals surface area contributed by atoms with Gasteiger partial charge in [-0.2, -0.15) is 0 Å². The van der Waals surface area contributed by atoms with Crippen molar-refractivity contribution < 1.29 is 13.2 Å². The van der Waals surface area contributed by atoms with Crippen LogP contribution in [-0.4, -0.2) is 15.0 Å². The van der Waals surface area contributed by atoms with Crippen LogP contribution in [0.15, 0.2) is 53.4 Å². The van der Waals surface area contributed by atoms with E-state index in [0.29, 0.717) is 17.4 Å². The predicted octanol–water partition coefficient (Wildman–Crippen LogP) is 3.22. The number of sulfonamides is 1. The van der Waals surface area contributed by atoms with Crippen LogP contribution >= 0.6 is 11.6 Å². The van der Waals surface area contributed by atoms with Crippen molar-refractivity contribution >= 4 is 21.6 Å². The summed E-state index contributed by atoms with van der Waals surface area (Å²) in [6, 6.07) is 13.5. The SMILES string of the molecule is CCOc1ccccc1CNS(=O)(=O)c1cccc(Cl)c1. The van der Waals surface area contributed by atoms with Gasteiger partial charge in [-0.1, -0.05) is 35.9 Å². The normalized spacial score (nSPS) is 11.3. The van der Waals surface area contributed by atoms with Crippen LogP contribution in [0.3, 0.4) is 0 Å². The summed E-state index contributed by atoms with van der Waals surface area (Å²) in [6.07, 6.45) is 0. The highest BCUT2D eigenvalue weighted by molar-refractivity contribution is 7.89. The van der Waals surface area contributed by atoms with E-state index in [9.17, 15) is 8.42 Å². The fraction of sp³-hybridized carbons (Fsp3) is 0.200. The first-order valence-corrected chi connectivity index (χ1v) is 8.35. The van der Waals surface area contributed by atoms with Crippen molar-refractivity contribution in [3.63, 3.8) is 0 Å². The van der Waals surface area contributed by atoms with E-state index in [1.165, 1.54) is 12.1 Å². The Hall–Kier alpha value is -1.56. The number of nitrogens with one attached hydrogen (secondary N) is 1. The molecule has 2 aromatic carbocycles. The summed E-state index contributed by atoms with van der Waals surface area (Å²) in [5, 5.41) is 0.382. The van der Waals surface area contributed by atoms with Crippen LogP contribution in [-0.2, 0) is 16.6 Å². The molecule has 4 nitrogen and oxygen atoms in total. The maximum atomic E-state index is 12.2. The maximum Gasteiger partial charge on any atom is 0.240 e. The van der Waals surface area contributed by atoms with Crippen molar-refractivity contribution in [1.82, 2.24) is 4.72 Å². The Labute approximate surface area is 129 Å². The Morgan fingerprint density at radius 2 is 1.90 bits per heavy atom. The zero-order chi connectivity index (χ0) is 15.3. The van der Waals surface area contributed by atoms with Gasteiger partial charge in [0.2, 0.25) is 10.0 Å². The summed E-state index contributed by atoms with van der Waals surface area (Å²) in [6.45, 7) is 2.57. The van der Waals surface area contributed by atoms with Crippen LogP contribution in [0.2, 0.25) is 5.02 Å². The molecule has 0 aromatic heterocycles. The monoisotopic (exact) mass is 325 g/mol. The quantitative estimate of drug-likeness (QED) is 0.887. The molecule has 0 saturated carbocycles. The van der Waals surface area contributed by atoms with Gasteiger partial charge in [-0.15, -0.1) is 0 Å². The number of hydrogen-bond donors (Lipinski definition) is 1. The minimum Gasteiger partial charge on any atom is -0.494 e. The molecule has 0 radical (unpaired) electrons. The second kappa shape index (κ2) is 6.93. The molecule has 112 valence electrons. The molecule has 0 heterocycles. The third-order valence-electron chi connectivity index (χ3n) is 2.83. The number of ether oxygens (including phenoxy) is 1. The van der Waals surface area contributed by atoms with Crippen molar-refractivity contribution in [2.24, 2.45) is 0 Å². The fourth-order valence-electron chi connectivity index (χ4n) is 1.84. The standard InChI is InChI=1S/C15H16ClNO3S/c1-2-20-15-9-4-3-6-12(15)11-17-21(18,19)14-8-5-7-13(16)10-14/h3-10,17H,2,11H2,1H3. The van der Waals surface area contributed by atoms with E-state index in [-0.39, 0.29) is 11.4 Å². The van der Waals surface area contributed by atoms with E-state index < -0.39 is 10.0 Å². The molecule has 21 heavy (non-hydrogen) atoms. The molecule has 0 spiro atoms. The van der Waals surface area contributed by atoms with Crippen LogP contribution in [0.25, 0.3) is 0 Å². The Balaban J connectivity index is 2.16. The van der Waals surface area contributed by atoms with Crippen molar-refractivity contribution in [3.8, 4) is 5.75 Å². The predicted molar refractivity (Wildman–Crippen MR) is 83.1 cm³/mol. The molecular formula is C15H16ClNO3S. The average Bonchev–Trinajstić information content (AvgIpc) is 2.47. The van der Waals surface area contributed by atoms with Crippen LogP contribution < -0.4 is 9.46 Å². The van der Waals surface area contributed by atoms with Crippen LogP contribution in [0.5, 0.6) is 5.75 Å². The summed E-state index contributed by atoms with van der Waals surface area (Å²) < 4.78 is 32.5. The highest BCUT2D eigenvalue weighted by Gasteiger charge is 2.15. The van der Waals surface area contributed by atoms with Crippen LogP contribution in [0.1, 0.15) is 12.5 Å². The van der Waals surface area contributed by atoms with Gasteiger partial charge in [0.25, 0.3) is 0 Å². The lowest BCUT2D eigenvalue weighted by atomic mass is 10.2. The zero-order valence-electron chi connectivity index (χ0n) is 11.5. The summed E-state index contributed by atoms with van der Waals surface area (Å²) in [5.41, 5.74) is 0.782. The largest absolute Gasteiger partial charge is 0.494 e. The van der Waals surface area contributed by atoms with E-state index in [0.717, 1.165) is 5.56 Å². The molecule has 0 fully saturated rings. The minimum atomic E-state index is -3.60. The lowest BCUT2D eigenvalue weighted by Crippen LogP contribution is -2.23. The van der Waals surface area contributed by atoms with Crippen molar-refractivity contribution in [3.05, 3.63) is 59.1 Å². The smallest absolute Gasteiger partial charge is 0.240 e. The first-order chi connectivity index (χ1) is 10.0. The van der Waals surface area contributed by atoms with Gasteiger partial charge >= 0.3 is 0 Å². The molecule has 0 aliphatic carbocycles. The zero-order valence-corrected chi connectivity index (χ0v) is 13.1. The van der Waals surface area contributed by atoms with E-state index in [4.69, 9.17) is 16.3 Å². The molecule has 0 aliphatic heterocycles. The molecule has 0 atom stereocenters. The minimum absolute atomic E-state index is 0.142. The van der Waals surface area contributed by atoms with Gasteiger partial charge in [0.15, 0.2) is 0 Å². The maximum absolute atomic E-state index is 12.2. The first kappa shape index (κ1) is 15.8. The van der Waals surface area contributed by atoms with Gasteiger partial charge in [0.1, 0.15) is 5.75 Å². The first-order valence-electron chi connectivity index (χ1n) is 6.49. The topological polar surface area (TPSA) is 55.4 Å². The molecule has 0 unspecified atom stereocenters. The summed E-state index contributed by atoms with van der Waals surface area (Å²) in [5.74, 6) is 0.675.